The summed E-state index contributed by atoms with van der Waals surface area (Å²) >= 11 is 0. The van der Waals surface area contributed by atoms with Crippen molar-refractivity contribution in [2.24, 2.45) is 0 Å². The molecule has 0 amide bonds. The molecule has 0 spiro atoms. The summed E-state index contributed by atoms with van der Waals surface area (Å²) in [6.07, 6.45) is 6.31. The molecule has 0 aromatic heterocycles. The molecule has 0 saturated carbocycles. The van der Waals surface area contributed by atoms with Crippen molar-refractivity contribution in [3.63, 3.8) is 0 Å². The Morgan fingerprint density at radius 2 is 1.95 bits per heavy atom. The number of likely N-dealkylation sites (N-methyl/N-ethyl adjacent to an activating group) is 1. The van der Waals surface area contributed by atoms with Gasteiger partial charge < -0.3 is 10.2 Å². The summed E-state index contributed by atoms with van der Waals surface area (Å²) in [7, 11) is 3.47. The number of allylic oxidation sites excluding steroid dienone is 4. The molecule has 21 heavy (non-hydrogen) atoms. The molecule has 2 rings (SSSR count). The van der Waals surface area contributed by atoms with Crippen molar-refractivity contribution in [3.05, 3.63) is 71.5 Å². The fourth-order valence-corrected chi connectivity index (χ4v) is 2.05. The Bertz CT molecular complexity index is 614. The Labute approximate surface area is 124 Å². The van der Waals surface area contributed by atoms with Gasteiger partial charge in [0.1, 0.15) is 11.5 Å². The number of ketones is 1. The molecule has 0 aliphatic heterocycles. The molecule has 1 aliphatic carbocycles. The average molecular weight is 285 g/mol. The second-order valence-electron chi connectivity index (χ2n) is 5.25. The lowest BCUT2D eigenvalue weighted by Gasteiger charge is -2.34. The van der Waals surface area contributed by atoms with E-state index in [0.717, 1.165) is 0 Å². The molecule has 0 fully saturated rings. The molecule has 4 heteroatoms. The Hall–Kier alpha value is -2.17. The number of carbonyl (C=O) groups excluding carboxylic acids is 1. The number of carbonyl (C=O) groups is 1. The molecule has 1 unspecified atom stereocenters. The van der Waals surface area contributed by atoms with Crippen LogP contribution >= 0.6 is 0 Å². The fraction of sp³-hybridized carbons (Fsp3) is 0.235. The van der Waals surface area contributed by atoms with Gasteiger partial charge in [-0.25, -0.2) is 0 Å². The normalized spacial score (nSPS) is 22.3. The van der Waals surface area contributed by atoms with Gasteiger partial charge in [0.05, 0.1) is 6.42 Å². The van der Waals surface area contributed by atoms with Crippen LogP contribution in [-0.4, -0.2) is 40.7 Å². The van der Waals surface area contributed by atoms with Crippen LogP contribution in [0.4, 0.5) is 0 Å². The minimum absolute atomic E-state index is 0.0609. The highest BCUT2D eigenvalue weighted by Gasteiger charge is 2.31. The summed E-state index contributed by atoms with van der Waals surface area (Å²) in [5, 5.41) is 20.3. The topological polar surface area (TPSA) is 60.8 Å². The van der Waals surface area contributed by atoms with Crippen molar-refractivity contribution in [3.8, 4) is 0 Å². The molecule has 110 valence electrons. The third kappa shape index (κ3) is 3.48. The van der Waals surface area contributed by atoms with Gasteiger partial charge in [-0.1, -0.05) is 36.4 Å². The molecular weight excluding hydrogens is 266 g/mol. The first-order valence-electron chi connectivity index (χ1n) is 6.71. The highest BCUT2D eigenvalue weighted by Crippen LogP contribution is 2.27. The lowest BCUT2D eigenvalue weighted by Crippen LogP contribution is -2.43. The fourth-order valence-electron chi connectivity index (χ4n) is 2.05. The largest absolute Gasteiger partial charge is 0.512 e. The molecule has 0 heterocycles. The van der Waals surface area contributed by atoms with E-state index in [9.17, 15) is 15.0 Å². The van der Waals surface area contributed by atoms with Crippen LogP contribution in [0.3, 0.4) is 0 Å². The maximum atomic E-state index is 12.0. The number of hydrogen-bond acceptors (Lipinski definition) is 4. The summed E-state index contributed by atoms with van der Waals surface area (Å²) in [6, 6.07) is 8.93. The SMILES string of the molecule is CN(C)C1(O)C=CC(C=CC(=O)c2ccccc2)=C(O)C1. The zero-order chi connectivity index (χ0) is 15.5. The Kier molecular flexibility index (Phi) is 4.40. The number of benzene rings is 1. The lowest BCUT2D eigenvalue weighted by molar-refractivity contribution is -0.0453. The van der Waals surface area contributed by atoms with E-state index in [4.69, 9.17) is 0 Å². The van der Waals surface area contributed by atoms with Crippen LogP contribution in [0.25, 0.3) is 0 Å². The highest BCUT2D eigenvalue weighted by molar-refractivity contribution is 6.04. The van der Waals surface area contributed by atoms with Gasteiger partial charge in [0.15, 0.2) is 5.78 Å². The maximum Gasteiger partial charge on any atom is 0.185 e. The van der Waals surface area contributed by atoms with Gasteiger partial charge in [-0.05, 0) is 32.3 Å². The molecular formula is C17H19NO3. The summed E-state index contributed by atoms with van der Waals surface area (Å²) in [5.74, 6) is -0.0662. The highest BCUT2D eigenvalue weighted by atomic mass is 16.3. The van der Waals surface area contributed by atoms with Crippen LogP contribution in [0, 0.1) is 0 Å². The molecule has 0 saturated heterocycles. The molecule has 1 aliphatic rings. The van der Waals surface area contributed by atoms with E-state index in [0.29, 0.717) is 11.1 Å². The van der Waals surface area contributed by atoms with Gasteiger partial charge in [-0.15, -0.1) is 0 Å². The molecule has 0 bridgehead atoms. The first kappa shape index (κ1) is 15.2. The summed E-state index contributed by atoms with van der Waals surface area (Å²) < 4.78 is 0. The standard InChI is InChI=1S/C17H19NO3/c1-18(2)17(21)11-10-14(16(20)12-17)8-9-15(19)13-6-4-3-5-7-13/h3-11,20-21H,12H2,1-2H3. The number of nitrogens with zero attached hydrogens (tertiary/aromatic N) is 1. The van der Waals surface area contributed by atoms with E-state index in [2.05, 4.69) is 0 Å². The molecule has 2 N–H and O–H groups in total. The molecule has 4 nitrogen and oxygen atoms in total. The first-order chi connectivity index (χ1) is 9.92. The summed E-state index contributed by atoms with van der Waals surface area (Å²) in [5.41, 5.74) is -0.0607. The predicted octanol–water partition coefficient (Wildman–Crippen LogP) is 2.45. The molecule has 0 radical (unpaired) electrons. The van der Waals surface area contributed by atoms with Crippen LogP contribution in [0.5, 0.6) is 0 Å². The van der Waals surface area contributed by atoms with Crippen LogP contribution < -0.4 is 0 Å². The van der Waals surface area contributed by atoms with E-state index in [1.807, 2.05) is 6.07 Å². The van der Waals surface area contributed by atoms with Crippen molar-refractivity contribution in [2.75, 3.05) is 14.1 Å². The first-order valence-corrected chi connectivity index (χ1v) is 6.71. The molecule has 1 aromatic rings. The second-order valence-corrected chi connectivity index (χ2v) is 5.25. The number of hydrogen-bond donors (Lipinski definition) is 2. The van der Waals surface area contributed by atoms with E-state index >= 15 is 0 Å². The minimum atomic E-state index is -1.19. The van der Waals surface area contributed by atoms with E-state index in [-0.39, 0.29) is 18.0 Å². The van der Waals surface area contributed by atoms with Crippen molar-refractivity contribution in [2.45, 2.75) is 12.1 Å². The van der Waals surface area contributed by atoms with Crippen molar-refractivity contribution in [1.82, 2.24) is 4.90 Å². The number of aliphatic hydroxyl groups excluding tert-OH is 1. The van der Waals surface area contributed by atoms with Crippen molar-refractivity contribution in [1.29, 1.82) is 0 Å². The Morgan fingerprint density at radius 1 is 1.29 bits per heavy atom. The van der Waals surface area contributed by atoms with Gasteiger partial charge in [0.2, 0.25) is 0 Å². The van der Waals surface area contributed by atoms with E-state index in [1.165, 1.54) is 6.08 Å². The van der Waals surface area contributed by atoms with Gasteiger partial charge in [-0.2, -0.15) is 0 Å². The summed E-state index contributed by atoms with van der Waals surface area (Å²) in [4.78, 5) is 13.6. The van der Waals surface area contributed by atoms with Crippen LogP contribution in [0.15, 0.2) is 66.0 Å². The zero-order valence-corrected chi connectivity index (χ0v) is 12.2. The summed E-state index contributed by atoms with van der Waals surface area (Å²) in [6.45, 7) is 0. The zero-order valence-electron chi connectivity index (χ0n) is 12.2. The van der Waals surface area contributed by atoms with Gasteiger partial charge in [0, 0.05) is 11.1 Å². The second kappa shape index (κ2) is 6.08. The average Bonchev–Trinajstić information content (AvgIpc) is 2.47. The predicted molar refractivity (Wildman–Crippen MR) is 82.0 cm³/mol. The van der Waals surface area contributed by atoms with Gasteiger partial charge >= 0.3 is 0 Å². The maximum absolute atomic E-state index is 12.0. The van der Waals surface area contributed by atoms with Crippen LogP contribution in [0.2, 0.25) is 0 Å². The van der Waals surface area contributed by atoms with E-state index < -0.39 is 5.72 Å². The monoisotopic (exact) mass is 285 g/mol. The van der Waals surface area contributed by atoms with Crippen molar-refractivity contribution < 1.29 is 15.0 Å². The smallest absolute Gasteiger partial charge is 0.185 e. The minimum Gasteiger partial charge on any atom is -0.512 e. The Balaban J connectivity index is 2.13. The van der Waals surface area contributed by atoms with Crippen molar-refractivity contribution >= 4 is 5.78 Å². The Morgan fingerprint density at radius 3 is 2.52 bits per heavy atom. The number of aliphatic hydroxyl groups is 2. The van der Waals surface area contributed by atoms with Gasteiger partial charge in [-0.3, -0.25) is 9.69 Å². The third-order valence-electron chi connectivity index (χ3n) is 3.54. The van der Waals surface area contributed by atoms with E-state index in [1.54, 1.807) is 61.5 Å². The molecule has 1 atom stereocenters. The quantitative estimate of drug-likeness (QED) is 0.507. The third-order valence-corrected chi connectivity index (χ3v) is 3.54. The van der Waals surface area contributed by atoms with Gasteiger partial charge in [0.25, 0.3) is 0 Å². The van der Waals surface area contributed by atoms with Crippen LogP contribution in [0.1, 0.15) is 16.8 Å². The van der Waals surface area contributed by atoms with Crippen LogP contribution in [-0.2, 0) is 0 Å². The molecule has 1 aromatic carbocycles. The number of rotatable bonds is 4. The lowest BCUT2D eigenvalue weighted by atomic mass is 9.96.